The van der Waals surface area contributed by atoms with E-state index in [9.17, 15) is 24.5 Å². The first-order chi connectivity index (χ1) is 20.9. The van der Waals surface area contributed by atoms with Crippen molar-refractivity contribution in [2.24, 2.45) is 0 Å². The predicted molar refractivity (Wildman–Crippen MR) is 162 cm³/mol. The van der Waals surface area contributed by atoms with E-state index >= 15 is 0 Å². The molecule has 3 amide bonds. The van der Waals surface area contributed by atoms with Gasteiger partial charge in [-0.05, 0) is 66.4 Å². The number of nitrogens with zero attached hydrogens (tertiary/aromatic N) is 3. The van der Waals surface area contributed by atoms with E-state index < -0.39 is 22.6 Å². The fourth-order valence-electron chi connectivity index (χ4n) is 5.30. The molecule has 0 saturated carbocycles. The van der Waals surface area contributed by atoms with E-state index in [0.717, 1.165) is 5.39 Å². The number of rotatable bonds is 9. The van der Waals surface area contributed by atoms with E-state index in [0.29, 0.717) is 33.7 Å². The number of carbonyl (C=O) groups excluding carboxylic acids is 3. The van der Waals surface area contributed by atoms with E-state index in [1.807, 2.05) is 42.5 Å². The minimum atomic E-state index is -0.592. The topological polar surface area (TPSA) is 110 Å². The van der Waals surface area contributed by atoms with Gasteiger partial charge in [0.05, 0.1) is 4.92 Å². The van der Waals surface area contributed by atoms with Gasteiger partial charge in [-0.3, -0.25) is 29.4 Å². The highest BCUT2D eigenvalue weighted by Gasteiger charge is 2.33. The molecule has 9 heteroatoms. The Morgan fingerprint density at radius 2 is 1.35 bits per heavy atom. The molecule has 5 aromatic rings. The summed E-state index contributed by atoms with van der Waals surface area (Å²) < 4.78 is 5.87. The third-order valence-electron chi connectivity index (χ3n) is 7.32. The molecule has 0 aromatic heterocycles. The van der Waals surface area contributed by atoms with Crippen LogP contribution in [0.4, 0.5) is 11.4 Å². The molecular weight excluding hydrogens is 546 g/mol. The number of nitro groups is 1. The molecule has 0 fully saturated rings. The Balaban J connectivity index is 1.26. The number of carbonyl (C=O) groups is 3. The SMILES string of the molecule is O=C1c2cccc3cccc(c23)C(=O)N1CCCN(C(=O)c1ccccc1[N+](=O)[O-])c1ccc(Oc2ccccc2)cc1. The molecule has 0 spiro atoms. The largest absolute Gasteiger partial charge is 0.457 e. The van der Waals surface area contributed by atoms with Crippen molar-refractivity contribution in [3.05, 3.63) is 142 Å². The molecule has 0 bridgehead atoms. The predicted octanol–water partition coefficient (Wildman–Crippen LogP) is 6.87. The fraction of sp³-hybridized carbons (Fsp3) is 0.0882. The first-order valence-corrected chi connectivity index (χ1v) is 13.7. The molecule has 0 radical (unpaired) electrons. The number of hydrogen-bond acceptors (Lipinski definition) is 6. The highest BCUT2D eigenvalue weighted by molar-refractivity contribution is 6.25. The molecule has 1 aliphatic rings. The molecule has 1 heterocycles. The van der Waals surface area contributed by atoms with E-state index in [-0.39, 0.29) is 30.8 Å². The molecule has 9 nitrogen and oxygen atoms in total. The third kappa shape index (κ3) is 5.31. The monoisotopic (exact) mass is 571 g/mol. The maximum absolute atomic E-state index is 13.8. The van der Waals surface area contributed by atoms with Crippen LogP contribution in [-0.2, 0) is 0 Å². The summed E-state index contributed by atoms with van der Waals surface area (Å²) in [5, 5.41) is 13.2. The van der Waals surface area contributed by atoms with Crippen LogP contribution in [0.5, 0.6) is 11.5 Å². The van der Waals surface area contributed by atoms with Crippen LogP contribution < -0.4 is 9.64 Å². The van der Waals surface area contributed by atoms with Crippen LogP contribution in [0.2, 0.25) is 0 Å². The zero-order valence-electron chi connectivity index (χ0n) is 22.9. The Kier molecular flexibility index (Phi) is 7.36. The summed E-state index contributed by atoms with van der Waals surface area (Å²) in [6, 6.07) is 32.5. The summed E-state index contributed by atoms with van der Waals surface area (Å²) in [6.07, 6.45) is 0.240. The van der Waals surface area contributed by atoms with Gasteiger partial charge in [0, 0.05) is 41.4 Å². The molecule has 0 unspecified atom stereocenters. The lowest BCUT2D eigenvalue weighted by Crippen LogP contribution is -2.42. The molecule has 0 saturated heterocycles. The second-order valence-corrected chi connectivity index (χ2v) is 9.96. The molecule has 0 atom stereocenters. The van der Waals surface area contributed by atoms with E-state index in [4.69, 9.17) is 4.74 Å². The van der Waals surface area contributed by atoms with Gasteiger partial charge < -0.3 is 9.64 Å². The van der Waals surface area contributed by atoms with Gasteiger partial charge in [-0.15, -0.1) is 0 Å². The summed E-state index contributed by atoms with van der Waals surface area (Å²) in [4.78, 5) is 54.2. The third-order valence-corrected chi connectivity index (χ3v) is 7.32. The van der Waals surface area contributed by atoms with Crippen LogP contribution in [0.1, 0.15) is 37.5 Å². The number of ether oxygens (including phenoxy) is 1. The van der Waals surface area contributed by atoms with Crippen LogP contribution in [-0.4, -0.2) is 40.6 Å². The molecule has 5 aromatic carbocycles. The molecular formula is C34H25N3O6. The second kappa shape index (κ2) is 11.6. The Morgan fingerprint density at radius 3 is 2.00 bits per heavy atom. The molecule has 0 N–H and O–H groups in total. The summed E-state index contributed by atoms with van der Waals surface area (Å²) >= 11 is 0. The Bertz CT molecular complexity index is 1820. The van der Waals surface area contributed by atoms with Crippen LogP contribution in [0.15, 0.2) is 115 Å². The lowest BCUT2D eigenvalue weighted by atomic mass is 9.94. The van der Waals surface area contributed by atoms with Gasteiger partial charge >= 0.3 is 0 Å². The zero-order chi connectivity index (χ0) is 29.9. The van der Waals surface area contributed by atoms with Crippen molar-refractivity contribution in [2.45, 2.75) is 6.42 Å². The minimum Gasteiger partial charge on any atom is -0.457 e. The number of amides is 3. The van der Waals surface area contributed by atoms with Crippen LogP contribution in [0.25, 0.3) is 10.8 Å². The van der Waals surface area contributed by atoms with Gasteiger partial charge in [0.25, 0.3) is 23.4 Å². The van der Waals surface area contributed by atoms with Gasteiger partial charge in [0.1, 0.15) is 17.1 Å². The maximum atomic E-state index is 13.8. The van der Waals surface area contributed by atoms with Crippen molar-refractivity contribution in [3.63, 3.8) is 0 Å². The standard InChI is InChI=1S/C34H25N3O6/c38-32(27-13-4-5-16-30(27)37(41)42)35(24-17-19-26(20-18-24)43-25-11-2-1-3-12-25)21-8-22-36-33(39)28-14-6-9-23-10-7-15-29(31(23)28)34(36)40/h1-7,9-20H,8,21-22H2. The quantitative estimate of drug-likeness (QED) is 0.108. The van der Waals surface area contributed by atoms with Crippen LogP contribution >= 0.6 is 0 Å². The van der Waals surface area contributed by atoms with E-state index in [2.05, 4.69) is 0 Å². The van der Waals surface area contributed by atoms with Crippen molar-refractivity contribution in [3.8, 4) is 11.5 Å². The minimum absolute atomic E-state index is 0.0538. The number of hydrogen-bond donors (Lipinski definition) is 0. The van der Waals surface area contributed by atoms with Gasteiger partial charge in [-0.25, -0.2) is 0 Å². The van der Waals surface area contributed by atoms with Crippen molar-refractivity contribution in [1.82, 2.24) is 4.90 Å². The van der Waals surface area contributed by atoms with E-state index in [1.54, 1.807) is 54.6 Å². The van der Waals surface area contributed by atoms with Crippen LogP contribution in [0, 0.1) is 10.1 Å². The maximum Gasteiger partial charge on any atom is 0.282 e. The van der Waals surface area contributed by atoms with Crippen molar-refractivity contribution >= 4 is 39.9 Å². The van der Waals surface area contributed by atoms with Crippen molar-refractivity contribution < 1.29 is 24.0 Å². The first-order valence-electron chi connectivity index (χ1n) is 13.7. The first kappa shape index (κ1) is 27.3. The average molecular weight is 572 g/mol. The summed E-state index contributed by atoms with van der Waals surface area (Å²) in [6.45, 7) is 0.144. The van der Waals surface area contributed by atoms with E-state index in [1.165, 1.54) is 28.0 Å². The summed E-state index contributed by atoms with van der Waals surface area (Å²) in [7, 11) is 0. The number of para-hydroxylation sites is 2. The highest BCUT2D eigenvalue weighted by Crippen LogP contribution is 2.31. The van der Waals surface area contributed by atoms with Gasteiger partial charge in [0.15, 0.2) is 0 Å². The Morgan fingerprint density at radius 1 is 0.744 bits per heavy atom. The molecule has 0 aliphatic carbocycles. The number of anilines is 1. The van der Waals surface area contributed by atoms with Crippen molar-refractivity contribution in [2.75, 3.05) is 18.0 Å². The van der Waals surface area contributed by atoms with Crippen molar-refractivity contribution in [1.29, 1.82) is 0 Å². The smallest absolute Gasteiger partial charge is 0.282 e. The summed E-state index contributed by atoms with van der Waals surface area (Å²) in [5.74, 6) is -0.168. The Labute approximate surface area is 246 Å². The Hall–Kier alpha value is -5.83. The van der Waals surface area contributed by atoms with Gasteiger partial charge in [0.2, 0.25) is 0 Å². The zero-order valence-corrected chi connectivity index (χ0v) is 22.9. The fourth-order valence-corrected chi connectivity index (χ4v) is 5.30. The highest BCUT2D eigenvalue weighted by atomic mass is 16.6. The lowest BCUT2D eigenvalue weighted by molar-refractivity contribution is -0.385. The number of nitro benzene ring substituents is 1. The normalized spacial score (nSPS) is 12.3. The van der Waals surface area contributed by atoms with Gasteiger partial charge in [-0.2, -0.15) is 0 Å². The molecule has 212 valence electrons. The second-order valence-electron chi connectivity index (χ2n) is 9.96. The van der Waals surface area contributed by atoms with Gasteiger partial charge in [-0.1, -0.05) is 54.6 Å². The molecule has 43 heavy (non-hydrogen) atoms. The van der Waals surface area contributed by atoms with Crippen LogP contribution in [0.3, 0.4) is 0 Å². The average Bonchev–Trinajstić information content (AvgIpc) is 3.04. The molecule has 6 rings (SSSR count). The number of benzene rings is 5. The summed E-state index contributed by atoms with van der Waals surface area (Å²) in [5.41, 5.74) is 1.01. The lowest BCUT2D eigenvalue weighted by Gasteiger charge is -2.29. The number of imide groups is 1. The molecule has 1 aliphatic heterocycles.